The Labute approximate surface area is 131 Å². The molecular formula is C15H27NO6. The highest BCUT2D eigenvalue weighted by Crippen LogP contribution is 2.16. The van der Waals surface area contributed by atoms with Gasteiger partial charge in [-0.05, 0) is 12.3 Å². The number of hydrogen-bond donors (Lipinski definition) is 0. The first-order chi connectivity index (χ1) is 10.4. The second-order valence-corrected chi connectivity index (χ2v) is 5.24. The Morgan fingerprint density at radius 3 is 2.23 bits per heavy atom. The summed E-state index contributed by atoms with van der Waals surface area (Å²) in [5.41, 5.74) is 0. The molecule has 0 aromatic heterocycles. The van der Waals surface area contributed by atoms with E-state index in [1.54, 1.807) is 13.8 Å². The van der Waals surface area contributed by atoms with Gasteiger partial charge in [-0.3, -0.25) is 9.59 Å². The number of nitrogens with zero attached hydrogens (tertiary/aromatic N) is 1. The fourth-order valence-corrected chi connectivity index (χ4v) is 1.86. The molecule has 0 saturated heterocycles. The van der Waals surface area contributed by atoms with Gasteiger partial charge >= 0.3 is 11.9 Å². The smallest absolute Gasteiger partial charge is 0.331 e. The molecule has 0 aromatic rings. The van der Waals surface area contributed by atoms with E-state index in [1.807, 2.05) is 13.8 Å². The van der Waals surface area contributed by atoms with E-state index < -0.39 is 24.3 Å². The Morgan fingerprint density at radius 1 is 1.18 bits per heavy atom. The quantitative estimate of drug-likeness (QED) is 0.251. The standard InChI is InChI=1S/C15H27NO6/c1-6-8-12(18)21-13(9-7-2)22-16(10-17)14(11(3)4)15(19)20-5/h10-11,13-14H,6-9H2,1-5H3. The molecule has 0 fully saturated rings. The molecule has 0 N–H and O–H groups in total. The third-order valence-electron chi connectivity index (χ3n) is 2.93. The van der Waals surface area contributed by atoms with Crippen molar-refractivity contribution in [1.29, 1.82) is 0 Å². The monoisotopic (exact) mass is 317 g/mol. The molecule has 128 valence electrons. The first-order valence-corrected chi connectivity index (χ1v) is 7.58. The number of ether oxygens (including phenoxy) is 2. The van der Waals surface area contributed by atoms with Crippen LogP contribution in [0.3, 0.4) is 0 Å². The first-order valence-electron chi connectivity index (χ1n) is 7.58. The lowest BCUT2D eigenvalue weighted by molar-refractivity contribution is -0.274. The van der Waals surface area contributed by atoms with Crippen LogP contribution in [0.2, 0.25) is 0 Å². The van der Waals surface area contributed by atoms with Crippen molar-refractivity contribution in [2.45, 2.75) is 65.7 Å². The second kappa shape index (κ2) is 11.0. The Hall–Kier alpha value is -1.63. The van der Waals surface area contributed by atoms with E-state index in [4.69, 9.17) is 14.3 Å². The Balaban J connectivity index is 4.97. The van der Waals surface area contributed by atoms with E-state index >= 15 is 0 Å². The van der Waals surface area contributed by atoms with Gasteiger partial charge in [0.1, 0.15) is 0 Å². The molecule has 22 heavy (non-hydrogen) atoms. The Morgan fingerprint density at radius 2 is 1.82 bits per heavy atom. The topological polar surface area (TPSA) is 82.1 Å². The molecule has 7 heteroatoms. The molecule has 2 unspecified atom stereocenters. The molecule has 0 spiro atoms. The number of esters is 2. The zero-order valence-corrected chi connectivity index (χ0v) is 14.0. The van der Waals surface area contributed by atoms with E-state index in [0.29, 0.717) is 25.7 Å². The van der Waals surface area contributed by atoms with Crippen molar-refractivity contribution in [1.82, 2.24) is 5.06 Å². The lowest BCUT2D eigenvalue weighted by Crippen LogP contribution is -2.47. The van der Waals surface area contributed by atoms with Gasteiger partial charge in [0.05, 0.1) is 7.11 Å². The molecule has 0 saturated carbocycles. The van der Waals surface area contributed by atoms with Crippen LogP contribution in [0.25, 0.3) is 0 Å². The van der Waals surface area contributed by atoms with Crippen LogP contribution >= 0.6 is 0 Å². The molecule has 0 radical (unpaired) electrons. The fourth-order valence-electron chi connectivity index (χ4n) is 1.86. The number of amides is 1. The highest BCUT2D eigenvalue weighted by molar-refractivity contribution is 5.78. The first kappa shape index (κ1) is 20.4. The fraction of sp³-hybridized carbons (Fsp3) is 0.800. The van der Waals surface area contributed by atoms with Gasteiger partial charge in [-0.2, -0.15) is 0 Å². The summed E-state index contributed by atoms with van der Waals surface area (Å²) in [6, 6.07) is -0.897. The van der Waals surface area contributed by atoms with Gasteiger partial charge in [-0.15, -0.1) is 0 Å². The number of hydrogen-bond acceptors (Lipinski definition) is 6. The summed E-state index contributed by atoms with van der Waals surface area (Å²) < 4.78 is 9.88. The summed E-state index contributed by atoms with van der Waals surface area (Å²) in [4.78, 5) is 40.1. The van der Waals surface area contributed by atoms with Crippen LogP contribution in [0.15, 0.2) is 0 Å². The summed E-state index contributed by atoms with van der Waals surface area (Å²) in [6.07, 6.45) is 1.55. The zero-order valence-electron chi connectivity index (χ0n) is 14.0. The summed E-state index contributed by atoms with van der Waals surface area (Å²) in [7, 11) is 1.24. The van der Waals surface area contributed by atoms with Crippen molar-refractivity contribution in [3.05, 3.63) is 0 Å². The number of hydroxylamine groups is 2. The summed E-state index contributed by atoms with van der Waals surface area (Å²) in [5.74, 6) is -1.20. The number of methoxy groups -OCH3 is 1. The maximum absolute atomic E-state index is 11.8. The van der Waals surface area contributed by atoms with Crippen molar-refractivity contribution in [2.75, 3.05) is 7.11 Å². The molecule has 0 aliphatic carbocycles. The highest BCUT2D eigenvalue weighted by Gasteiger charge is 2.32. The number of rotatable bonds is 11. The summed E-state index contributed by atoms with van der Waals surface area (Å²) in [5, 5.41) is 0.871. The van der Waals surface area contributed by atoms with Crippen molar-refractivity contribution < 1.29 is 28.7 Å². The average molecular weight is 317 g/mol. The van der Waals surface area contributed by atoms with E-state index in [9.17, 15) is 14.4 Å². The third-order valence-corrected chi connectivity index (χ3v) is 2.93. The summed E-state index contributed by atoms with van der Waals surface area (Å²) in [6.45, 7) is 7.29. The number of carbonyl (C=O) groups excluding carboxylic acids is 3. The van der Waals surface area contributed by atoms with Crippen LogP contribution in [-0.2, 0) is 28.7 Å². The Kier molecular flexibility index (Phi) is 10.2. The van der Waals surface area contributed by atoms with Crippen LogP contribution in [0.5, 0.6) is 0 Å². The lowest BCUT2D eigenvalue weighted by atomic mass is 10.1. The Bertz CT molecular complexity index is 358. The molecule has 0 bridgehead atoms. The van der Waals surface area contributed by atoms with E-state index in [0.717, 1.165) is 5.06 Å². The minimum atomic E-state index is -0.903. The SMILES string of the molecule is CCCC(=O)OC(CCC)ON(C=O)C(C(=O)OC)C(C)C. The molecule has 0 heterocycles. The molecule has 2 atom stereocenters. The van der Waals surface area contributed by atoms with Crippen molar-refractivity contribution in [2.24, 2.45) is 5.92 Å². The van der Waals surface area contributed by atoms with Gasteiger partial charge in [0, 0.05) is 12.8 Å². The highest BCUT2D eigenvalue weighted by atomic mass is 16.8. The van der Waals surface area contributed by atoms with Gasteiger partial charge in [0.25, 0.3) is 0 Å². The molecule has 1 amide bonds. The average Bonchev–Trinajstić information content (AvgIpc) is 2.46. The van der Waals surface area contributed by atoms with Gasteiger partial charge in [-0.25, -0.2) is 14.7 Å². The zero-order chi connectivity index (χ0) is 17.1. The maximum Gasteiger partial charge on any atom is 0.331 e. The lowest BCUT2D eigenvalue weighted by Gasteiger charge is -2.30. The van der Waals surface area contributed by atoms with Crippen LogP contribution in [0.4, 0.5) is 0 Å². The predicted octanol–water partition coefficient (Wildman–Crippen LogP) is 2.04. The minimum Gasteiger partial charge on any atom is -0.467 e. The molecule has 0 aliphatic heterocycles. The van der Waals surface area contributed by atoms with E-state index in [1.165, 1.54) is 7.11 Å². The van der Waals surface area contributed by atoms with Crippen LogP contribution in [-0.4, -0.2) is 42.9 Å². The largest absolute Gasteiger partial charge is 0.467 e. The van der Waals surface area contributed by atoms with Crippen molar-refractivity contribution >= 4 is 18.3 Å². The third kappa shape index (κ3) is 6.89. The minimum absolute atomic E-state index is 0.216. The molecule has 0 rings (SSSR count). The van der Waals surface area contributed by atoms with E-state index in [-0.39, 0.29) is 12.3 Å². The molecule has 0 aromatic carbocycles. The summed E-state index contributed by atoms with van der Waals surface area (Å²) >= 11 is 0. The van der Waals surface area contributed by atoms with Crippen LogP contribution in [0, 0.1) is 5.92 Å². The van der Waals surface area contributed by atoms with E-state index in [2.05, 4.69) is 0 Å². The van der Waals surface area contributed by atoms with Gasteiger partial charge in [0.2, 0.25) is 12.7 Å². The van der Waals surface area contributed by atoms with Gasteiger partial charge in [0.15, 0.2) is 6.04 Å². The molecular weight excluding hydrogens is 290 g/mol. The second-order valence-electron chi connectivity index (χ2n) is 5.24. The normalized spacial score (nSPS) is 13.4. The van der Waals surface area contributed by atoms with Crippen molar-refractivity contribution in [3.63, 3.8) is 0 Å². The predicted molar refractivity (Wildman–Crippen MR) is 79.3 cm³/mol. The van der Waals surface area contributed by atoms with Gasteiger partial charge in [-0.1, -0.05) is 34.1 Å². The molecule has 7 nitrogen and oxygen atoms in total. The molecule has 0 aliphatic rings. The van der Waals surface area contributed by atoms with Crippen LogP contribution < -0.4 is 0 Å². The van der Waals surface area contributed by atoms with Crippen molar-refractivity contribution in [3.8, 4) is 0 Å². The maximum atomic E-state index is 11.8. The van der Waals surface area contributed by atoms with Crippen LogP contribution in [0.1, 0.15) is 53.4 Å². The number of carbonyl (C=O) groups is 3. The van der Waals surface area contributed by atoms with Gasteiger partial charge < -0.3 is 9.47 Å².